The number of carbonyl (C=O) groups is 1. The van der Waals surface area contributed by atoms with Gasteiger partial charge in [0.25, 0.3) is 5.91 Å². The third-order valence-electron chi connectivity index (χ3n) is 5.46. The first kappa shape index (κ1) is 22.6. The summed E-state index contributed by atoms with van der Waals surface area (Å²) in [4.78, 5) is 28.6. The van der Waals surface area contributed by atoms with Crippen molar-refractivity contribution >= 4 is 11.6 Å². The summed E-state index contributed by atoms with van der Waals surface area (Å²) < 4.78 is 60.7. The van der Waals surface area contributed by atoms with Gasteiger partial charge >= 0.3 is 6.01 Å². The predicted molar refractivity (Wildman–Crippen MR) is 110 cm³/mol. The summed E-state index contributed by atoms with van der Waals surface area (Å²) in [6, 6.07) is 3.23. The molecule has 172 valence electrons. The highest BCUT2D eigenvalue weighted by Gasteiger charge is 2.37. The summed E-state index contributed by atoms with van der Waals surface area (Å²) in [7, 11) is 1.37. The van der Waals surface area contributed by atoms with Gasteiger partial charge in [0, 0.05) is 42.9 Å². The lowest BCUT2D eigenvalue weighted by molar-refractivity contribution is -0.0384. The molecule has 0 atom stereocenters. The second-order valence-electron chi connectivity index (χ2n) is 7.63. The van der Waals surface area contributed by atoms with E-state index in [1.54, 1.807) is 0 Å². The van der Waals surface area contributed by atoms with Crippen molar-refractivity contribution in [3.05, 3.63) is 59.8 Å². The van der Waals surface area contributed by atoms with Crippen LogP contribution in [0.5, 0.6) is 6.01 Å². The molecule has 3 heterocycles. The highest BCUT2D eigenvalue weighted by atomic mass is 19.3. The van der Waals surface area contributed by atoms with Crippen molar-refractivity contribution in [3.8, 4) is 17.3 Å². The monoisotopic (exact) mass is 461 g/mol. The molecule has 1 fully saturated rings. The van der Waals surface area contributed by atoms with E-state index in [0.717, 1.165) is 12.1 Å². The van der Waals surface area contributed by atoms with E-state index in [0.29, 0.717) is 5.69 Å². The fourth-order valence-electron chi connectivity index (χ4n) is 3.76. The normalized spacial score (nSPS) is 15.8. The van der Waals surface area contributed by atoms with Crippen molar-refractivity contribution < 1.29 is 27.1 Å². The van der Waals surface area contributed by atoms with E-state index in [2.05, 4.69) is 25.3 Å². The maximum absolute atomic E-state index is 14.6. The van der Waals surface area contributed by atoms with Gasteiger partial charge in [-0.25, -0.2) is 28.1 Å². The van der Waals surface area contributed by atoms with Crippen LogP contribution in [0.3, 0.4) is 0 Å². The number of hydrogen-bond donors (Lipinski definition) is 1. The molecular formula is C22H19F4N5O2. The molecule has 1 N–H and O–H groups in total. The number of aromatic nitrogens is 4. The van der Waals surface area contributed by atoms with Crippen LogP contribution in [0.15, 0.2) is 36.8 Å². The van der Waals surface area contributed by atoms with Crippen molar-refractivity contribution in [1.82, 2.24) is 19.9 Å². The van der Waals surface area contributed by atoms with Crippen molar-refractivity contribution in [3.63, 3.8) is 0 Å². The zero-order chi connectivity index (χ0) is 23.6. The van der Waals surface area contributed by atoms with Crippen LogP contribution in [-0.4, -0.2) is 38.9 Å². The minimum Gasteiger partial charge on any atom is -0.467 e. The number of pyridine rings is 2. The van der Waals surface area contributed by atoms with E-state index in [9.17, 15) is 22.4 Å². The van der Waals surface area contributed by atoms with Crippen LogP contribution in [0.1, 0.15) is 47.7 Å². The topological polar surface area (TPSA) is 89.9 Å². The van der Waals surface area contributed by atoms with Gasteiger partial charge in [0.2, 0.25) is 11.9 Å². The lowest BCUT2D eigenvalue weighted by Gasteiger charge is -2.29. The summed E-state index contributed by atoms with van der Waals surface area (Å²) in [6.45, 7) is 0. The largest absolute Gasteiger partial charge is 0.467 e. The van der Waals surface area contributed by atoms with E-state index in [1.807, 2.05) is 0 Å². The fraction of sp³-hybridized carbons (Fsp3) is 0.318. The summed E-state index contributed by atoms with van der Waals surface area (Å²) in [6.07, 6.45) is 3.40. The van der Waals surface area contributed by atoms with Crippen LogP contribution in [0.2, 0.25) is 0 Å². The Kier molecular flexibility index (Phi) is 6.21. The Morgan fingerprint density at radius 3 is 2.45 bits per heavy atom. The first-order valence-electron chi connectivity index (χ1n) is 10.1. The SMILES string of the molecule is COc1ncc(C(=O)Nc2c(-c3nc(F)ccc3F)ccnc2C2CCC(F)(F)CC2)cn1. The lowest BCUT2D eigenvalue weighted by Crippen LogP contribution is -2.25. The van der Waals surface area contributed by atoms with Gasteiger partial charge in [-0.05, 0) is 31.0 Å². The summed E-state index contributed by atoms with van der Waals surface area (Å²) in [5.41, 5.74) is 0.194. The molecule has 3 aromatic heterocycles. The number of ether oxygens (including phenoxy) is 1. The Morgan fingerprint density at radius 1 is 1.09 bits per heavy atom. The van der Waals surface area contributed by atoms with Gasteiger partial charge in [-0.2, -0.15) is 4.39 Å². The molecular weight excluding hydrogens is 442 g/mol. The van der Waals surface area contributed by atoms with E-state index < -0.39 is 29.5 Å². The standard InChI is InChI=1S/C22H19F4N5O2/c1-33-21-28-10-13(11-29-21)20(32)31-19-14(18-15(23)2-3-16(24)30-18)6-9-27-17(19)12-4-7-22(25,26)8-5-12/h2-3,6,9-12H,4-5,7-8H2,1H3,(H,31,32). The fourth-order valence-corrected chi connectivity index (χ4v) is 3.76. The second kappa shape index (κ2) is 9.08. The Hall–Kier alpha value is -3.63. The predicted octanol–water partition coefficient (Wildman–Crippen LogP) is 4.77. The lowest BCUT2D eigenvalue weighted by atomic mass is 9.83. The average Bonchev–Trinajstić information content (AvgIpc) is 2.81. The molecule has 0 unspecified atom stereocenters. The Balaban J connectivity index is 1.77. The van der Waals surface area contributed by atoms with Gasteiger partial charge in [0.1, 0.15) is 11.5 Å². The number of amides is 1. The molecule has 1 saturated carbocycles. The first-order chi connectivity index (χ1) is 15.8. The molecule has 0 saturated heterocycles. The first-order valence-corrected chi connectivity index (χ1v) is 10.1. The Labute approximate surface area is 186 Å². The number of carbonyl (C=O) groups excluding carboxylic acids is 1. The second-order valence-corrected chi connectivity index (χ2v) is 7.63. The number of nitrogens with one attached hydrogen (secondary N) is 1. The number of hydrogen-bond acceptors (Lipinski definition) is 6. The third kappa shape index (κ3) is 4.91. The number of rotatable bonds is 5. The number of nitrogens with zero attached hydrogens (tertiary/aromatic N) is 4. The molecule has 1 amide bonds. The maximum Gasteiger partial charge on any atom is 0.316 e. The van der Waals surface area contributed by atoms with Crippen LogP contribution in [0, 0.1) is 11.8 Å². The van der Waals surface area contributed by atoms with Crippen LogP contribution < -0.4 is 10.1 Å². The summed E-state index contributed by atoms with van der Waals surface area (Å²) in [5.74, 6) is -5.56. The third-order valence-corrected chi connectivity index (χ3v) is 5.46. The van der Waals surface area contributed by atoms with Gasteiger partial charge in [-0.15, -0.1) is 0 Å². The van der Waals surface area contributed by atoms with Gasteiger partial charge in [0.15, 0.2) is 0 Å². The number of alkyl halides is 2. The van der Waals surface area contributed by atoms with Crippen molar-refractivity contribution in [2.45, 2.75) is 37.5 Å². The number of halogens is 4. The van der Waals surface area contributed by atoms with Crippen LogP contribution in [0.4, 0.5) is 23.2 Å². The van der Waals surface area contributed by atoms with E-state index in [-0.39, 0.29) is 54.2 Å². The summed E-state index contributed by atoms with van der Waals surface area (Å²) >= 11 is 0. The number of methoxy groups -OCH3 is 1. The molecule has 0 aliphatic heterocycles. The minimum atomic E-state index is -2.77. The molecule has 3 aromatic rings. The minimum absolute atomic E-state index is 0.0588. The average molecular weight is 461 g/mol. The van der Waals surface area contributed by atoms with Gasteiger partial charge in [-0.1, -0.05) is 0 Å². The van der Waals surface area contributed by atoms with Crippen molar-refractivity contribution in [2.75, 3.05) is 12.4 Å². The van der Waals surface area contributed by atoms with Crippen LogP contribution in [-0.2, 0) is 0 Å². The molecule has 7 nitrogen and oxygen atoms in total. The van der Waals surface area contributed by atoms with Gasteiger partial charge < -0.3 is 10.1 Å². The van der Waals surface area contributed by atoms with Crippen molar-refractivity contribution in [1.29, 1.82) is 0 Å². The molecule has 0 radical (unpaired) electrons. The molecule has 4 rings (SSSR count). The Bertz CT molecular complexity index is 1160. The summed E-state index contributed by atoms with van der Waals surface area (Å²) in [5, 5.41) is 2.66. The van der Waals surface area contributed by atoms with Crippen molar-refractivity contribution in [2.24, 2.45) is 0 Å². The van der Waals surface area contributed by atoms with Gasteiger partial charge in [-0.3, -0.25) is 9.78 Å². The highest BCUT2D eigenvalue weighted by Crippen LogP contribution is 2.44. The quantitative estimate of drug-likeness (QED) is 0.435. The number of anilines is 1. The zero-order valence-electron chi connectivity index (χ0n) is 17.5. The molecule has 0 bridgehead atoms. The molecule has 1 aliphatic rings. The highest BCUT2D eigenvalue weighted by molar-refractivity contribution is 6.06. The molecule has 0 aromatic carbocycles. The zero-order valence-corrected chi connectivity index (χ0v) is 17.5. The molecule has 33 heavy (non-hydrogen) atoms. The molecule has 11 heteroatoms. The van der Waals surface area contributed by atoms with Crippen LogP contribution >= 0.6 is 0 Å². The van der Waals surface area contributed by atoms with E-state index in [1.165, 1.54) is 31.8 Å². The molecule has 1 aliphatic carbocycles. The van der Waals surface area contributed by atoms with Crippen LogP contribution in [0.25, 0.3) is 11.3 Å². The molecule has 0 spiro atoms. The Morgan fingerprint density at radius 2 is 1.79 bits per heavy atom. The van der Waals surface area contributed by atoms with Gasteiger partial charge in [0.05, 0.1) is 24.1 Å². The smallest absolute Gasteiger partial charge is 0.316 e. The van der Waals surface area contributed by atoms with E-state index >= 15 is 0 Å². The maximum atomic E-state index is 14.6. The van der Waals surface area contributed by atoms with E-state index in [4.69, 9.17) is 4.74 Å².